The summed E-state index contributed by atoms with van der Waals surface area (Å²) in [6.07, 6.45) is -5.29. The van der Waals surface area contributed by atoms with E-state index >= 15 is 0 Å². The van der Waals surface area contributed by atoms with Crippen LogP contribution in [0.1, 0.15) is 12.5 Å². The van der Waals surface area contributed by atoms with Crippen molar-refractivity contribution in [2.24, 2.45) is 0 Å². The Hall–Kier alpha value is -3.56. The fraction of sp³-hybridized carbons (Fsp3) is 0.273. The largest absolute Gasteiger partial charge is 0.481 e. The number of halogens is 3. The Morgan fingerprint density at radius 1 is 1.15 bits per heavy atom. The molecule has 12 heteroatoms. The number of fused-ring (bicyclic) bond motifs is 1. The van der Waals surface area contributed by atoms with Crippen molar-refractivity contribution in [2.45, 2.75) is 30.6 Å². The Morgan fingerprint density at radius 2 is 1.79 bits per heavy atom. The van der Waals surface area contributed by atoms with E-state index in [0.29, 0.717) is 10.1 Å². The molecule has 8 nitrogen and oxygen atoms in total. The highest BCUT2D eigenvalue weighted by Crippen LogP contribution is 2.34. The van der Waals surface area contributed by atoms with Crippen LogP contribution in [0.5, 0.6) is 5.75 Å². The minimum Gasteiger partial charge on any atom is -0.481 e. The van der Waals surface area contributed by atoms with Gasteiger partial charge in [0.2, 0.25) is 10.0 Å². The second kappa shape index (κ2) is 9.74. The average Bonchev–Trinajstić information content (AvgIpc) is 2.96. The summed E-state index contributed by atoms with van der Waals surface area (Å²) in [5, 5.41) is 9.73. The van der Waals surface area contributed by atoms with Gasteiger partial charge in [0, 0.05) is 12.2 Å². The third kappa shape index (κ3) is 5.16. The molecule has 0 fully saturated rings. The molecule has 1 heterocycles. The van der Waals surface area contributed by atoms with Crippen molar-refractivity contribution in [1.29, 1.82) is 0 Å². The second-order valence-corrected chi connectivity index (χ2v) is 9.02. The van der Waals surface area contributed by atoms with Crippen molar-refractivity contribution < 1.29 is 41.0 Å². The minimum absolute atomic E-state index is 0.0468. The number of rotatable bonds is 5. The van der Waals surface area contributed by atoms with Gasteiger partial charge in [-0.05, 0) is 42.8 Å². The van der Waals surface area contributed by atoms with Gasteiger partial charge >= 0.3 is 18.1 Å². The first-order valence-corrected chi connectivity index (χ1v) is 11.2. The number of alkyl halides is 3. The van der Waals surface area contributed by atoms with Crippen molar-refractivity contribution >= 4 is 27.6 Å². The van der Waals surface area contributed by atoms with E-state index in [1.807, 2.05) is 0 Å². The minimum atomic E-state index is -5.29. The normalized spacial score (nSPS) is 16.6. The molecule has 34 heavy (non-hydrogen) atoms. The molecule has 180 valence electrons. The summed E-state index contributed by atoms with van der Waals surface area (Å²) in [6, 6.07) is 8.49. The van der Waals surface area contributed by atoms with E-state index < -0.39 is 47.2 Å². The lowest BCUT2D eigenvalue weighted by Gasteiger charge is -2.28. The molecule has 0 bridgehead atoms. The number of hydrogen-bond donors (Lipinski definition) is 1. The number of benzene rings is 2. The number of aliphatic carboxylic acids is 1. The number of carboxylic acids is 1. The third-order valence-electron chi connectivity index (χ3n) is 5.00. The Morgan fingerprint density at radius 3 is 2.38 bits per heavy atom. The van der Waals surface area contributed by atoms with E-state index in [2.05, 4.69) is 11.8 Å². The first-order valence-electron chi connectivity index (χ1n) is 9.80. The quantitative estimate of drug-likeness (QED) is 0.639. The van der Waals surface area contributed by atoms with Gasteiger partial charge in [0.05, 0.1) is 11.4 Å². The monoisotopic (exact) mass is 496 g/mol. The smallest absolute Gasteiger partial charge is 0.471 e. The van der Waals surface area contributed by atoms with Crippen molar-refractivity contribution in [3.05, 3.63) is 54.1 Å². The average molecular weight is 496 g/mol. The van der Waals surface area contributed by atoms with E-state index in [1.54, 1.807) is 6.92 Å². The lowest BCUT2D eigenvalue weighted by molar-refractivity contribution is -0.170. The van der Waals surface area contributed by atoms with Gasteiger partial charge < -0.3 is 14.7 Å². The fourth-order valence-electron chi connectivity index (χ4n) is 3.38. The molecule has 0 saturated carbocycles. The summed E-state index contributed by atoms with van der Waals surface area (Å²) in [6.45, 7) is 0.124. The number of para-hydroxylation sites is 1. The van der Waals surface area contributed by atoms with Crippen LogP contribution in [-0.4, -0.2) is 55.1 Å². The van der Waals surface area contributed by atoms with Crippen molar-refractivity contribution in [3.8, 4) is 17.6 Å². The number of anilines is 1. The Labute approximate surface area is 193 Å². The number of hydrogen-bond acceptors (Lipinski definition) is 5. The molecule has 1 unspecified atom stereocenters. The van der Waals surface area contributed by atoms with Gasteiger partial charge in [-0.1, -0.05) is 24.1 Å². The molecule has 1 atom stereocenters. The van der Waals surface area contributed by atoms with Crippen LogP contribution in [0.4, 0.5) is 18.9 Å². The Kier molecular flexibility index (Phi) is 7.18. The van der Waals surface area contributed by atoms with Crippen molar-refractivity contribution in [3.63, 3.8) is 0 Å². The second-order valence-electron chi connectivity index (χ2n) is 7.13. The van der Waals surface area contributed by atoms with Gasteiger partial charge in [0.1, 0.15) is 18.4 Å². The van der Waals surface area contributed by atoms with E-state index in [4.69, 9.17) is 4.74 Å². The predicted octanol–water partition coefficient (Wildman–Crippen LogP) is 2.64. The molecule has 0 radical (unpaired) electrons. The number of sulfonamides is 1. The highest BCUT2D eigenvalue weighted by molar-refractivity contribution is 7.89. The molecule has 1 aliphatic rings. The Bertz CT molecular complexity index is 1250. The molecule has 1 N–H and O–H groups in total. The van der Waals surface area contributed by atoms with Gasteiger partial charge in [-0.3, -0.25) is 9.59 Å². The molecular formula is C22H19F3N2O6S. The van der Waals surface area contributed by atoms with E-state index in [9.17, 15) is 36.3 Å². The van der Waals surface area contributed by atoms with E-state index in [1.165, 1.54) is 48.5 Å². The molecule has 1 amide bonds. The van der Waals surface area contributed by atoms with Crippen LogP contribution in [-0.2, 0) is 26.2 Å². The number of nitrogens with zero attached hydrogens (tertiary/aromatic N) is 2. The lowest BCUT2D eigenvalue weighted by Crippen LogP contribution is -2.52. The van der Waals surface area contributed by atoms with E-state index in [0.717, 1.165) is 0 Å². The maximum absolute atomic E-state index is 13.4. The van der Waals surface area contributed by atoms with Gasteiger partial charge in [-0.15, -0.1) is 5.92 Å². The number of carbonyl (C=O) groups is 2. The molecule has 2 aromatic carbocycles. The summed E-state index contributed by atoms with van der Waals surface area (Å²) in [7, 11) is -4.50. The number of carboxylic acid groups (broad SMARTS) is 1. The van der Waals surface area contributed by atoms with Gasteiger partial charge in [-0.2, -0.15) is 17.5 Å². The number of carbonyl (C=O) groups excluding carboxylic acids is 1. The summed E-state index contributed by atoms with van der Waals surface area (Å²) < 4.78 is 72.4. The summed E-state index contributed by atoms with van der Waals surface area (Å²) >= 11 is 0. The van der Waals surface area contributed by atoms with Crippen LogP contribution >= 0.6 is 0 Å². The third-order valence-corrected chi connectivity index (χ3v) is 6.87. The van der Waals surface area contributed by atoms with Gasteiger partial charge in [0.15, 0.2) is 0 Å². The standard InChI is InChI=1S/C22H19F3N2O6S/c1-2-3-12-33-16-8-10-17(11-9-16)34(31,32)27-13-15-6-4-5-7-18(15)26(14-19(27)20(28)29)21(30)22(23,24)25/h4-11,19H,12-14H2,1H3,(H,28,29). The van der Waals surface area contributed by atoms with Crippen LogP contribution < -0.4 is 9.64 Å². The van der Waals surface area contributed by atoms with Crippen LogP contribution in [0.3, 0.4) is 0 Å². The number of amides is 1. The maximum atomic E-state index is 13.4. The highest BCUT2D eigenvalue weighted by atomic mass is 32.2. The molecule has 0 aliphatic carbocycles. The number of ether oxygens (including phenoxy) is 1. The predicted molar refractivity (Wildman–Crippen MR) is 114 cm³/mol. The van der Waals surface area contributed by atoms with Crippen LogP contribution in [0.2, 0.25) is 0 Å². The zero-order valence-electron chi connectivity index (χ0n) is 17.7. The zero-order chi connectivity index (χ0) is 25.1. The molecule has 3 rings (SSSR count). The molecule has 0 spiro atoms. The highest BCUT2D eigenvalue weighted by Gasteiger charge is 2.48. The maximum Gasteiger partial charge on any atom is 0.471 e. The topological polar surface area (TPSA) is 104 Å². The lowest BCUT2D eigenvalue weighted by atomic mass is 10.1. The molecule has 2 aromatic rings. The molecule has 1 aliphatic heterocycles. The van der Waals surface area contributed by atoms with Crippen LogP contribution in [0.15, 0.2) is 53.4 Å². The SMILES string of the molecule is CC#CCOc1ccc(S(=O)(=O)N2Cc3ccccc3N(C(=O)C(F)(F)F)CC2C(=O)O)cc1. The summed E-state index contributed by atoms with van der Waals surface area (Å²) in [5.74, 6) is 1.64. The fourth-order valence-corrected chi connectivity index (χ4v) is 4.93. The molecule has 0 aromatic heterocycles. The molecule has 0 saturated heterocycles. The van der Waals surface area contributed by atoms with Crippen LogP contribution in [0, 0.1) is 11.8 Å². The van der Waals surface area contributed by atoms with Gasteiger partial charge in [0.25, 0.3) is 0 Å². The van der Waals surface area contributed by atoms with Crippen molar-refractivity contribution in [2.75, 3.05) is 18.1 Å². The Balaban J connectivity index is 2.04. The summed E-state index contributed by atoms with van der Waals surface area (Å²) in [4.78, 5) is 24.1. The van der Waals surface area contributed by atoms with Crippen molar-refractivity contribution in [1.82, 2.24) is 4.31 Å². The van der Waals surface area contributed by atoms with Crippen LogP contribution in [0.25, 0.3) is 0 Å². The summed E-state index contributed by atoms with van der Waals surface area (Å²) in [5.41, 5.74) is -0.167. The van der Waals surface area contributed by atoms with Gasteiger partial charge in [-0.25, -0.2) is 8.42 Å². The zero-order valence-corrected chi connectivity index (χ0v) is 18.6. The first kappa shape index (κ1) is 25.1. The first-order chi connectivity index (χ1) is 16.0. The molecular weight excluding hydrogens is 477 g/mol. The van der Waals surface area contributed by atoms with E-state index in [-0.39, 0.29) is 27.7 Å².